The van der Waals surface area contributed by atoms with E-state index in [1.807, 2.05) is 0 Å². The van der Waals surface area contributed by atoms with E-state index in [2.05, 4.69) is 0 Å². The molecule has 0 aromatic rings. The maximum absolute atomic E-state index is 14.9. The summed E-state index contributed by atoms with van der Waals surface area (Å²) in [7, 11) is -12.2. The Morgan fingerprint density at radius 2 is 0.323 bits per heavy atom. The lowest BCUT2D eigenvalue weighted by Gasteiger charge is -2.47. The van der Waals surface area contributed by atoms with Crippen LogP contribution < -0.4 is 0 Å². The Bertz CT molecular complexity index is 1520. The molecule has 0 unspecified atom stereocenters. The van der Waals surface area contributed by atoms with Crippen LogP contribution in [-0.4, -0.2) is 117 Å². The molecule has 3 nitrogen and oxygen atoms in total. The van der Waals surface area contributed by atoms with Crippen molar-refractivity contribution in [2.75, 3.05) is 0 Å². The van der Waals surface area contributed by atoms with Crippen molar-refractivity contribution in [2.24, 2.45) is 0 Å². The second-order valence-corrected chi connectivity index (χ2v) is 13.1. The van der Waals surface area contributed by atoms with Crippen LogP contribution in [0.25, 0.3) is 0 Å². The third kappa shape index (κ3) is 8.04. The minimum Gasteiger partial charge on any atom is -0.302 e. The zero-order valence-electron chi connectivity index (χ0n) is 25.8. The molecule has 0 spiro atoms. The van der Waals surface area contributed by atoms with Gasteiger partial charge < -0.3 is 13.3 Å². The molecule has 0 fully saturated rings. The molecule has 62 heavy (non-hydrogen) atoms. The predicted molar refractivity (Wildman–Crippen MR) is 102 cm³/mol. The summed E-state index contributed by atoms with van der Waals surface area (Å²) < 4.78 is 540. The van der Waals surface area contributed by atoms with Gasteiger partial charge in [-0.2, -0.15) is 176 Å². The summed E-state index contributed by atoms with van der Waals surface area (Å²) >= 11 is 0. The van der Waals surface area contributed by atoms with E-state index < -0.39 is 117 Å². The number of hydrogen-bond acceptors (Lipinski definition) is 3. The Balaban J connectivity index is 8.66. The summed E-state index contributed by atoms with van der Waals surface area (Å²) in [5, 5.41) is 0. The van der Waals surface area contributed by atoms with Gasteiger partial charge in [-0.25, -0.2) is 0 Å². The van der Waals surface area contributed by atoms with Gasteiger partial charge in [-0.1, -0.05) is 0 Å². The molecule has 44 heteroatoms. The van der Waals surface area contributed by atoms with E-state index >= 15 is 0 Å². The van der Waals surface area contributed by atoms with Crippen LogP contribution in [0.15, 0.2) is 0 Å². The maximum atomic E-state index is 14.9. The summed E-state index contributed by atoms with van der Waals surface area (Å²) in [6, 6.07) is 0. The van der Waals surface area contributed by atoms with Crippen molar-refractivity contribution >= 4 is 8.80 Å². The lowest BCUT2D eigenvalue weighted by molar-refractivity contribution is -0.482. The number of halogens is 40. The van der Waals surface area contributed by atoms with Crippen molar-refractivity contribution in [3.05, 3.63) is 0 Å². The second-order valence-electron chi connectivity index (χ2n) is 10.7. The highest BCUT2D eigenvalue weighted by atomic mass is 28.4. The first kappa shape index (κ1) is 59.3. The third-order valence-electron chi connectivity index (χ3n) is 6.46. The molecule has 0 N–H and O–H groups in total. The first-order valence-corrected chi connectivity index (χ1v) is 14.3. The SMILES string of the molecule is FC(F)(F)C(F)(F)O[Si](OC(F)(F)C(F)(F)F)(OC(F)(F)C(F)(F)F)C(F)(F)C(F)(F)C(F)(F)C(F)(F)C(F)(F)C(F)(F)C(F)(F)C(F)(F)C(F)(F)C(F)(F)C(F)(F)C(F)(F)F. The number of alkyl halides is 40. The Morgan fingerprint density at radius 1 is 0.177 bits per heavy atom. The molecule has 0 amide bonds. The molecular weight excluding hydrogens is 1050 g/mol. The van der Waals surface area contributed by atoms with Crippen LogP contribution in [0.2, 0.25) is 0 Å². The first-order valence-electron chi connectivity index (χ1n) is 12.5. The molecule has 0 radical (unpaired) electrons. The van der Waals surface area contributed by atoms with E-state index in [9.17, 15) is 176 Å². The first-order chi connectivity index (χ1) is 25.9. The zero-order valence-corrected chi connectivity index (χ0v) is 26.8. The molecule has 0 saturated heterocycles. The van der Waals surface area contributed by atoms with Crippen molar-refractivity contribution in [2.45, 2.75) is 108 Å². The Labute approximate surface area is 307 Å². The van der Waals surface area contributed by atoms with Gasteiger partial charge in [0, 0.05) is 0 Å². The fourth-order valence-electron chi connectivity index (χ4n) is 3.08. The second kappa shape index (κ2) is 14.7. The minimum atomic E-state index is -12.2. The van der Waals surface area contributed by atoms with Gasteiger partial charge in [-0.3, -0.25) is 0 Å². The van der Waals surface area contributed by atoms with Gasteiger partial charge in [-0.05, 0) is 0 Å². The lowest BCUT2D eigenvalue weighted by Crippen LogP contribution is -2.81. The predicted octanol–water partition coefficient (Wildman–Crippen LogP) is 12.5. The van der Waals surface area contributed by atoms with Crippen LogP contribution in [0.4, 0.5) is 176 Å². The molecule has 0 rings (SSSR count). The number of hydrogen-bond donors (Lipinski definition) is 0. The molecule has 0 aliphatic heterocycles. The van der Waals surface area contributed by atoms with Crippen LogP contribution in [-0.2, 0) is 13.3 Å². The van der Waals surface area contributed by atoms with Gasteiger partial charge in [0.25, 0.3) is 0 Å². The zero-order chi connectivity index (χ0) is 51.6. The normalized spacial score (nSPS) is 17.2. The van der Waals surface area contributed by atoms with E-state index in [-0.39, 0.29) is 0 Å². The summed E-state index contributed by atoms with van der Waals surface area (Å²) in [6.45, 7) is 0. The standard InChI is InChI=1S/C18F40O3Si/c19-1(20,3(23,24)5(27,28)7(31,32)9(35,36)11(39,40)41)2(21,22)4(25,26)6(29,30)8(33,34)10(37,38)18(57,58)62(59-15(51,52)12(42,43)44,60-16(53,54)13(45,46)47)61-17(55,56)14(48,49)50. The van der Waals surface area contributed by atoms with Gasteiger partial charge in [-0.15, -0.1) is 0 Å². The van der Waals surface area contributed by atoms with E-state index in [1.165, 1.54) is 0 Å². The summed E-state index contributed by atoms with van der Waals surface area (Å²) in [6.07, 6.45) is -61.1. The molecule has 374 valence electrons. The van der Waals surface area contributed by atoms with Crippen molar-refractivity contribution < 1.29 is 189 Å². The fraction of sp³-hybridized carbons (Fsp3) is 1.00. The highest BCUT2D eigenvalue weighted by molar-refractivity contribution is 6.64. The number of rotatable bonds is 17. The maximum Gasteiger partial charge on any atom is 0.595 e. The van der Waals surface area contributed by atoms with E-state index in [0.29, 0.717) is 0 Å². The monoisotopic (exact) mass is 1050 g/mol. The van der Waals surface area contributed by atoms with Crippen LogP contribution in [0.1, 0.15) is 0 Å². The highest BCUT2D eigenvalue weighted by Gasteiger charge is 3.02. The Morgan fingerprint density at radius 3 is 0.468 bits per heavy atom. The molecular formula is C18F40O3Si. The largest absolute Gasteiger partial charge is 0.595 e. The third-order valence-corrected chi connectivity index (χ3v) is 9.12. The van der Waals surface area contributed by atoms with E-state index in [4.69, 9.17) is 0 Å². The molecule has 0 aromatic heterocycles. The van der Waals surface area contributed by atoms with E-state index in [1.54, 1.807) is 0 Å². The summed E-state index contributed by atoms with van der Waals surface area (Å²) in [5.74, 6) is -102. The topological polar surface area (TPSA) is 27.7 Å². The van der Waals surface area contributed by atoms with Gasteiger partial charge in [0.2, 0.25) is 0 Å². The molecule has 0 aliphatic rings. The molecule has 0 aromatic carbocycles. The Hall–Kier alpha value is -2.70. The molecule has 0 bridgehead atoms. The van der Waals surface area contributed by atoms with Crippen molar-refractivity contribution in [3.63, 3.8) is 0 Å². The lowest BCUT2D eigenvalue weighted by atomic mass is 9.85. The fourth-order valence-corrected chi connectivity index (χ4v) is 5.49. The molecule has 0 saturated carbocycles. The molecule has 0 aliphatic carbocycles. The van der Waals surface area contributed by atoms with Crippen molar-refractivity contribution in [1.82, 2.24) is 0 Å². The quantitative estimate of drug-likeness (QED) is 0.107. The average Bonchev–Trinajstić information content (AvgIpc) is 2.96. The van der Waals surface area contributed by atoms with Crippen LogP contribution in [0.5, 0.6) is 0 Å². The highest BCUT2D eigenvalue weighted by Crippen LogP contribution is 2.69. The van der Waals surface area contributed by atoms with Crippen LogP contribution in [0, 0.1) is 0 Å². The van der Waals surface area contributed by atoms with Crippen molar-refractivity contribution in [3.8, 4) is 0 Å². The van der Waals surface area contributed by atoms with Crippen molar-refractivity contribution in [1.29, 1.82) is 0 Å². The van der Waals surface area contributed by atoms with Gasteiger partial charge in [0.1, 0.15) is 0 Å². The van der Waals surface area contributed by atoms with Gasteiger partial charge in [0.05, 0.1) is 0 Å². The minimum absolute atomic E-state index is 0.901. The molecule has 0 heterocycles. The Kier molecular flexibility index (Phi) is 14.0. The average molecular weight is 1050 g/mol. The molecule has 0 atom stereocenters. The van der Waals surface area contributed by atoms with Crippen LogP contribution >= 0.6 is 0 Å². The smallest absolute Gasteiger partial charge is 0.302 e. The van der Waals surface area contributed by atoms with E-state index in [0.717, 1.165) is 13.3 Å². The van der Waals surface area contributed by atoms with Gasteiger partial charge >= 0.3 is 117 Å². The summed E-state index contributed by atoms with van der Waals surface area (Å²) in [4.78, 5) is 0. The van der Waals surface area contributed by atoms with Gasteiger partial charge in [0.15, 0.2) is 0 Å². The van der Waals surface area contributed by atoms with Crippen LogP contribution in [0.3, 0.4) is 0 Å². The summed E-state index contributed by atoms with van der Waals surface area (Å²) in [5.41, 5.74) is -10.4.